The van der Waals surface area contributed by atoms with E-state index in [1.165, 1.54) is 30.5 Å². The molecule has 1 aliphatic carbocycles. The van der Waals surface area contributed by atoms with E-state index in [-0.39, 0.29) is 16.8 Å². The van der Waals surface area contributed by atoms with Crippen molar-refractivity contribution in [2.45, 2.75) is 12.8 Å². The minimum absolute atomic E-state index is 0.0507. The van der Waals surface area contributed by atoms with E-state index in [0.29, 0.717) is 41.3 Å². The maximum Gasteiger partial charge on any atom is 0.404 e. The predicted molar refractivity (Wildman–Crippen MR) is 122 cm³/mol. The Kier molecular flexibility index (Phi) is 6.09. The summed E-state index contributed by atoms with van der Waals surface area (Å²) in [5, 5.41) is 33.3. The van der Waals surface area contributed by atoms with Gasteiger partial charge in [-0.2, -0.15) is 0 Å². The van der Waals surface area contributed by atoms with Crippen molar-refractivity contribution in [2.24, 2.45) is 5.41 Å². The standard InChI is InChI=1S/C23H20N4O7/c28-22(29)25-13-23(9-10-23)14-34-19-11-20(15-1-5-17(6-2-15)26(30)31)21(24-12-19)16-3-7-18(8-4-16)27(32)33/h1-8,11-12,25H,9-10,13-14H2,(H,28,29). The van der Waals surface area contributed by atoms with E-state index in [1.54, 1.807) is 30.3 Å². The van der Waals surface area contributed by atoms with Crippen molar-refractivity contribution < 1.29 is 24.5 Å². The van der Waals surface area contributed by atoms with Crippen molar-refractivity contribution in [1.82, 2.24) is 10.3 Å². The Morgan fingerprint density at radius 1 is 1.00 bits per heavy atom. The van der Waals surface area contributed by atoms with Gasteiger partial charge in [0, 0.05) is 47.4 Å². The second-order valence-electron chi connectivity index (χ2n) is 8.12. The zero-order chi connectivity index (χ0) is 24.3. The lowest BCUT2D eigenvalue weighted by molar-refractivity contribution is -0.385. The monoisotopic (exact) mass is 464 g/mol. The molecule has 1 saturated carbocycles. The molecule has 11 nitrogen and oxygen atoms in total. The number of pyridine rings is 1. The number of nitrogens with one attached hydrogen (secondary N) is 1. The number of nitro benzene ring substituents is 2. The van der Waals surface area contributed by atoms with Crippen LogP contribution in [0.3, 0.4) is 0 Å². The third kappa shape index (κ3) is 5.09. The van der Waals surface area contributed by atoms with E-state index in [2.05, 4.69) is 10.3 Å². The molecule has 0 unspecified atom stereocenters. The van der Waals surface area contributed by atoms with Gasteiger partial charge in [0.1, 0.15) is 5.75 Å². The maximum absolute atomic E-state index is 11.0. The number of carbonyl (C=O) groups is 1. The summed E-state index contributed by atoms with van der Waals surface area (Å²) in [5.41, 5.74) is 2.11. The molecule has 2 N–H and O–H groups in total. The number of amides is 1. The Hall–Kier alpha value is -4.54. The molecule has 0 saturated heterocycles. The lowest BCUT2D eigenvalue weighted by Crippen LogP contribution is -2.31. The highest BCUT2D eigenvalue weighted by atomic mass is 16.6. The van der Waals surface area contributed by atoms with Gasteiger partial charge in [0.05, 0.1) is 28.3 Å². The molecule has 1 aromatic heterocycles. The lowest BCUT2D eigenvalue weighted by Gasteiger charge is -2.17. The van der Waals surface area contributed by atoms with Crippen LogP contribution in [0.2, 0.25) is 0 Å². The van der Waals surface area contributed by atoms with Gasteiger partial charge in [-0.15, -0.1) is 0 Å². The first-order chi connectivity index (χ1) is 16.3. The molecule has 2 aromatic carbocycles. The van der Waals surface area contributed by atoms with Gasteiger partial charge in [0.25, 0.3) is 11.4 Å². The molecule has 0 spiro atoms. The van der Waals surface area contributed by atoms with Gasteiger partial charge in [0.15, 0.2) is 0 Å². The average molecular weight is 464 g/mol. The topological polar surface area (TPSA) is 158 Å². The number of non-ortho nitro benzene ring substituents is 2. The van der Waals surface area contributed by atoms with E-state index in [4.69, 9.17) is 9.84 Å². The molecule has 174 valence electrons. The van der Waals surface area contributed by atoms with Gasteiger partial charge in [-0.05, 0) is 48.7 Å². The summed E-state index contributed by atoms with van der Waals surface area (Å²) in [6.07, 6.45) is 2.14. The van der Waals surface area contributed by atoms with Gasteiger partial charge in [0.2, 0.25) is 0 Å². The van der Waals surface area contributed by atoms with E-state index in [1.807, 2.05) is 0 Å². The van der Waals surface area contributed by atoms with Crippen LogP contribution in [0.25, 0.3) is 22.4 Å². The highest BCUT2D eigenvalue weighted by Gasteiger charge is 2.43. The van der Waals surface area contributed by atoms with E-state index in [0.717, 1.165) is 12.8 Å². The maximum atomic E-state index is 11.0. The van der Waals surface area contributed by atoms with Crippen molar-refractivity contribution in [2.75, 3.05) is 13.2 Å². The third-order valence-corrected chi connectivity index (χ3v) is 5.72. The highest BCUT2D eigenvalue weighted by molar-refractivity contribution is 5.82. The number of aromatic nitrogens is 1. The lowest BCUT2D eigenvalue weighted by atomic mass is 9.98. The highest BCUT2D eigenvalue weighted by Crippen LogP contribution is 2.45. The number of carboxylic acid groups (broad SMARTS) is 1. The van der Waals surface area contributed by atoms with Crippen molar-refractivity contribution in [1.29, 1.82) is 0 Å². The molecule has 1 amide bonds. The first kappa shape index (κ1) is 22.6. The number of nitro groups is 2. The molecular formula is C23H20N4O7. The number of hydrogen-bond donors (Lipinski definition) is 2. The normalized spacial score (nSPS) is 13.6. The van der Waals surface area contributed by atoms with Crippen molar-refractivity contribution in [3.8, 4) is 28.1 Å². The molecule has 34 heavy (non-hydrogen) atoms. The quantitative estimate of drug-likeness (QED) is 0.342. The predicted octanol–water partition coefficient (Wildman–Crippen LogP) is 4.66. The zero-order valence-corrected chi connectivity index (χ0v) is 17.8. The summed E-state index contributed by atoms with van der Waals surface area (Å²) in [6.45, 7) is 0.609. The van der Waals surface area contributed by atoms with E-state index >= 15 is 0 Å². The summed E-state index contributed by atoms with van der Waals surface area (Å²) < 4.78 is 5.94. The van der Waals surface area contributed by atoms with Crippen molar-refractivity contribution in [3.63, 3.8) is 0 Å². The largest absolute Gasteiger partial charge is 0.491 e. The fraction of sp³-hybridized carbons (Fsp3) is 0.217. The summed E-state index contributed by atoms with van der Waals surface area (Å²) in [4.78, 5) is 36.4. The average Bonchev–Trinajstić information content (AvgIpc) is 3.62. The Labute approximate surface area is 193 Å². The minimum Gasteiger partial charge on any atom is -0.491 e. The Bertz CT molecular complexity index is 1240. The van der Waals surface area contributed by atoms with Crippen LogP contribution in [0.4, 0.5) is 16.2 Å². The molecule has 0 bridgehead atoms. The zero-order valence-electron chi connectivity index (χ0n) is 17.8. The fourth-order valence-corrected chi connectivity index (χ4v) is 3.53. The Balaban J connectivity index is 1.65. The summed E-state index contributed by atoms with van der Waals surface area (Å²) in [5.74, 6) is 0.459. The molecule has 1 aliphatic rings. The Morgan fingerprint density at radius 3 is 2.06 bits per heavy atom. The van der Waals surface area contributed by atoms with Crippen LogP contribution in [-0.4, -0.2) is 39.2 Å². The molecule has 0 atom stereocenters. The van der Waals surface area contributed by atoms with Crippen molar-refractivity contribution >= 4 is 17.5 Å². The van der Waals surface area contributed by atoms with Crippen LogP contribution in [0.15, 0.2) is 60.8 Å². The van der Waals surface area contributed by atoms with Gasteiger partial charge in [-0.1, -0.05) is 0 Å². The van der Waals surface area contributed by atoms with Crippen LogP contribution in [0, 0.1) is 25.6 Å². The first-order valence-electron chi connectivity index (χ1n) is 10.4. The number of benzene rings is 2. The number of rotatable bonds is 9. The summed E-state index contributed by atoms with van der Waals surface area (Å²) in [6, 6.07) is 13.7. The molecular weight excluding hydrogens is 444 g/mol. The van der Waals surface area contributed by atoms with Crippen LogP contribution >= 0.6 is 0 Å². The van der Waals surface area contributed by atoms with Crippen LogP contribution in [0.5, 0.6) is 5.75 Å². The van der Waals surface area contributed by atoms with Gasteiger partial charge < -0.3 is 15.2 Å². The summed E-state index contributed by atoms with van der Waals surface area (Å²) >= 11 is 0. The third-order valence-electron chi connectivity index (χ3n) is 5.72. The van der Waals surface area contributed by atoms with Crippen LogP contribution in [-0.2, 0) is 0 Å². The Morgan fingerprint density at radius 2 is 1.56 bits per heavy atom. The SMILES string of the molecule is O=C(O)NCC1(COc2cnc(-c3ccc([N+](=O)[O-])cc3)c(-c3ccc([N+](=O)[O-])cc3)c2)CC1. The molecule has 1 heterocycles. The minimum atomic E-state index is -1.08. The fourth-order valence-electron chi connectivity index (χ4n) is 3.53. The molecule has 0 aliphatic heterocycles. The molecule has 4 rings (SSSR count). The number of hydrogen-bond acceptors (Lipinski definition) is 7. The van der Waals surface area contributed by atoms with Gasteiger partial charge in [-0.25, -0.2) is 4.79 Å². The van der Waals surface area contributed by atoms with Crippen LogP contribution in [0.1, 0.15) is 12.8 Å². The number of ether oxygens (including phenoxy) is 1. The van der Waals surface area contributed by atoms with E-state index < -0.39 is 15.9 Å². The first-order valence-corrected chi connectivity index (χ1v) is 10.4. The summed E-state index contributed by atoms with van der Waals surface area (Å²) in [7, 11) is 0. The van der Waals surface area contributed by atoms with E-state index in [9.17, 15) is 25.0 Å². The second-order valence-corrected chi connectivity index (χ2v) is 8.12. The van der Waals surface area contributed by atoms with Gasteiger partial charge >= 0.3 is 6.09 Å². The molecule has 1 fully saturated rings. The number of nitrogens with zero attached hydrogens (tertiary/aromatic N) is 3. The van der Waals surface area contributed by atoms with Crippen molar-refractivity contribution in [3.05, 3.63) is 81.0 Å². The van der Waals surface area contributed by atoms with Gasteiger partial charge in [-0.3, -0.25) is 25.2 Å². The van der Waals surface area contributed by atoms with Crippen LogP contribution < -0.4 is 10.1 Å². The second kappa shape index (κ2) is 9.14. The smallest absolute Gasteiger partial charge is 0.404 e. The molecule has 11 heteroatoms. The molecule has 0 radical (unpaired) electrons. The molecule has 3 aromatic rings.